The number of rotatable bonds is 3. The predicted molar refractivity (Wildman–Crippen MR) is 73.5 cm³/mol. The number of aryl methyl sites for hydroxylation is 2. The van der Waals surface area contributed by atoms with Crippen molar-refractivity contribution in [1.82, 2.24) is 0 Å². The molecule has 5 heteroatoms. The highest BCUT2D eigenvalue weighted by Crippen LogP contribution is 2.28. The smallest absolute Gasteiger partial charge is 0.269 e. The van der Waals surface area contributed by atoms with Crippen LogP contribution in [0.2, 0.25) is 0 Å². The van der Waals surface area contributed by atoms with Crippen LogP contribution in [-0.2, 0) is 0 Å². The molecule has 0 unspecified atom stereocenters. The second-order valence-corrected chi connectivity index (χ2v) is 4.32. The molecule has 0 amide bonds. The van der Waals surface area contributed by atoms with Crippen LogP contribution in [0.1, 0.15) is 11.1 Å². The number of nitrogens with two attached hydrogens (primary N) is 1. The van der Waals surface area contributed by atoms with E-state index in [1.807, 2.05) is 26.0 Å². The molecule has 2 aromatic carbocycles. The summed E-state index contributed by atoms with van der Waals surface area (Å²) in [5, 5.41) is 10.5. The standard InChI is InChI=1S/C14H14N2O3/c1-9-7-13(8-10(2)14(9)15)19-12-5-3-11(4-6-12)16(17)18/h3-8H,15H2,1-2H3. The van der Waals surface area contributed by atoms with Gasteiger partial charge in [-0.3, -0.25) is 10.1 Å². The minimum atomic E-state index is -0.443. The second-order valence-electron chi connectivity index (χ2n) is 4.32. The Bertz CT molecular complexity index is 598. The van der Waals surface area contributed by atoms with Crippen LogP contribution in [0.4, 0.5) is 11.4 Å². The number of anilines is 1. The molecule has 0 radical (unpaired) electrons. The van der Waals surface area contributed by atoms with Crippen LogP contribution in [0.15, 0.2) is 36.4 Å². The fourth-order valence-corrected chi connectivity index (χ4v) is 1.77. The van der Waals surface area contributed by atoms with Crippen molar-refractivity contribution >= 4 is 11.4 Å². The Labute approximate surface area is 110 Å². The largest absolute Gasteiger partial charge is 0.457 e. The molecular weight excluding hydrogens is 244 g/mol. The van der Waals surface area contributed by atoms with Gasteiger partial charge in [-0.25, -0.2) is 0 Å². The van der Waals surface area contributed by atoms with E-state index in [1.54, 1.807) is 12.1 Å². The Morgan fingerprint density at radius 3 is 2.05 bits per heavy atom. The first-order valence-electron chi connectivity index (χ1n) is 5.76. The van der Waals surface area contributed by atoms with E-state index in [1.165, 1.54) is 12.1 Å². The zero-order chi connectivity index (χ0) is 14.0. The van der Waals surface area contributed by atoms with Crippen LogP contribution in [0.5, 0.6) is 11.5 Å². The third-order valence-corrected chi connectivity index (χ3v) is 2.85. The van der Waals surface area contributed by atoms with E-state index in [4.69, 9.17) is 10.5 Å². The Morgan fingerprint density at radius 1 is 1.05 bits per heavy atom. The molecule has 0 aliphatic heterocycles. The molecule has 0 saturated heterocycles. The maximum atomic E-state index is 10.5. The van der Waals surface area contributed by atoms with E-state index < -0.39 is 4.92 Å². The molecule has 0 aromatic heterocycles. The summed E-state index contributed by atoms with van der Waals surface area (Å²) in [6.45, 7) is 3.82. The average Bonchev–Trinajstić information content (AvgIpc) is 2.36. The lowest BCUT2D eigenvalue weighted by atomic mass is 10.1. The first kappa shape index (κ1) is 12.9. The lowest BCUT2D eigenvalue weighted by molar-refractivity contribution is -0.384. The number of ether oxygens (including phenoxy) is 1. The van der Waals surface area contributed by atoms with Gasteiger partial charge in [0.2, 0.25) is 0 Å². The molecule has 0 saturated carbocycles. The molecule has 0 spiro atoms. The summed E-state index contributed by atoms with van der Waals surface area (Å²) >= 11 is 0. The van der Waals surface area contributed by atoms with Crippen molar-refractivity contribution < 1.29 is 9.66 Å². The second kappa shape index (κ2) is 4.97. The minimum Gasteiger partial charge on any atom is -0.457 e. The van der Waals surface area contributed by atoms with E-state index in [2.05, 4.69) is 0 Å². The minimum absolute atomic E-state index is 0.0389. The molecule has 2 N–H and O–H groups in total. The predicted octanol–water partition coefficient (Wildman–Crippen LogP) is 3.59. The fraction of sp³-hybridized carbons (Fsp3) is 0.143. The number of non-ortho nitro benzene ring substituents is 1. The Kier molecular flexibility index (Phi) is 3.37. The van der Waals surface area contributed by atoms with Crippen molar-refractivity contribution in [3.05, 3.63) is 57.6 Å². The van der Waals surface area contributed by atoms with Crippen molar-refractivity contribution in [2.24, 2.45) is 0 Å². The van der Waals surface area contributed by atoms with E-state index in [0.717, 1.165) is 16.8 Å². The van der Waals surface area contributed by atoms with Gasteiger partial charge in [0.25, 0.3) is 5.69 Å². The first-order valence-corrected chi connectivity index (χ1v) is 5.76. The number of nitrogen functional groups attached to an aromatic ring is 1. The maximum absolute atomic E-state index is 10.5. The molecule has 5 nitrogen and oxygen atoms in total. The van der Waals surface area contributed by atoms with Crippen LogP contribution < -0.4 is 10.5 Å². The topological polar surface area (TPSA) is 78.4 Å². The molecule has 0 bridgehead atoms. The lowest BCUT2D eigenvalue weighted by Crippen LogP contribution is -1.95. The summed E-state index contributed by atoms with van der Waals surface area (Å²) in [5.41, 5.74) is 8.54. The number of nitrogens with zero attached hydrogens (tertiary/aromatic N) is 1. The maximum Gasteiger partial charge on any atom is 0.269 e. The Balaban J connectivity index is 2.24. The number of benzene rings is 2. The molecule has 2 rings (SSSR count). The average molecular weight is 258 g/mol. The van der Waals surface area contributed by atoms with Gasteiger partial charge >= 0.3 is 0 Å². The molecule has 19 heavy (non-hydrogen) atoms. The van der Waals surface area contributed by atoms with Gasteiger partial charge in [0, 0.05) is 17.8 Å². The van der Waals surface area contributed by atoms with Crippen molar-refractivity contribution in [3.63, 3.8) is 0 Å². The van der Waals surface area contributed by atoms with E-state index in [9.17, 15) is 10.1 Å². The van der Waals surface area contributed by atoms with E-state index in [-0.39, 0.29) is 5.69 Å². The molecule has 98 valence electrons. The highest BCUT2D eigenvalue weighted by Gasteiger charge is 2.07. The highest BCUT2D eigenvalue weighted by atomic mass is 16.6. The Hall–Kier alpha value is -2.56. The molecule has 2 aromatic rings. The van der Waals surface area contributed by atoms with Crippen molar-refractivity contribution in [1.29, 1.82) is 0 Å². The van der Waals surface area contributed by atoms with Gasteiger partial charge in [0.1, 0.15) is 11.5 Å². The van der Waals surface area contributed by atoms with Crippen molar-refractivity contribution in [3.8, 4) is 11.5 Å². The summed E-state index contributed by atoms with van der Waals surface area (Å²) in [6, 6.07) is 9.63. The number of nitro benzene ring substituents is 1. The molecule has 0 aliphatic carbocycles. The zero-order valence-electron chi connectivity index (χ0n) is 10.7. The van der Waals surface area contributed by atoms with E-state index in [0.29, 0.717) is 11.5 Å². The van der Waals surface area contributed by atoms with Crippen LogP contribution in [0.25, 0.3) is 0 Å². The molecule has 0 aliphatic rings. The van der Waals surface area contributed by atoms with Gasteiger partial charge in [0.15, 0.2) is 0 Å². The molecule has 0 fully saturated rings. The van der Waals surface area contributed by atoms with Gasteiger partial charge in [-0.2, -0.15) is 0 Å². The fourth-order valence-electron chi connectivity index (χ4n) is 1.77. The summed E-state index contributed by atoms with van der Waals surface area (Å²) in [6.07, 6.45) is 0. The molecular formula is C14H14N2O3. The third kappa shape index (κ3) is 2.82. The number of nitro groups is 1. The SMILES string of the molecule is Cc1cc(Oc2ccc([N+](=O)[O-])cc2)cc(C)c1N. The van der Waals surface area contributed by atoms with Crippen LogP contribution >= 0.6 is 0 Å². The van der Waals surface area contributed by atoms with Crippen LogP contribution in [0.3, 0.4) is 0 Å². The number of hydrogen-bond donors (Lipinski definition) is 1. The van der Waals surface area contributed by atoms with Gasteiger partial charge in [0.05, 0.1) is 4.92 Å². The highest BCUT2D eigenvalue weighted by molar-refractivity contribution is 5.56. The summed E-state index contributed by atoms with van der Waals surface area (Å²) in [5.74, 6) is 1.22. The normalized spacial score (nSPS) is 10.2. The van der Waals surface area contributed by atoms with Gasteiger partial charge in [-0.15, -0.1) is 0 Å². The first-order chi connectivity index (χ1) is 8.97. The van der Waals surface area contributed by atoms with Crippen LogP contribution in [-0.4, -0.2) is 4.92 Å². The summed E-state index contributed by atoms with van der Waals surface area (Å²) in [4.78, 5) is 10.1. The van der Waals surface area contributed by atoms with Gasteiger partial charge in [-0.1, -0.05) is 0 Å². The third-order valence-electron chi connectivity index (χ3n) is 2.85. The van der Waals surface area contributed by atoms with Crippen molar-refractivity contribution in [2.45, 2.75) is 13.8 Å². The van der Waals surface area contributed by atoms with Crippen molar-refractivity contribution in [2.75, 3.05) is 5.73 Å². The monoisotopic (exact) mass is 258 g/mol. The number of hydrogen-bond acceptors (Lipinski definition) is 4. The Morgan fingerprint density at radius 2 is 1.58 bits per heavy atom. The summed E-state index contributed by atoms with van der Waals surface area (Å²) < 4.78 is 5.65. The molecule has 0 heterocycles. The van der Waals surface area contributed by atoms with E-state index >= 15 is 0 Å². The quantitative estimate of drug-likeness (QED) is 0.518. The zero-order valence-corrected chi connectivity index (χ0v) is 10.7. The molecule has 0 atom stereocenters. The lowest BCUT2D eigenvalue weighted by Gasteiger charge is -2.10. The van der Waals surface area contributed by atoms with Gasteiger partial charge in [-0.05, 0) is 49.2 Å². The summed E-state index contributed by atoms with van der Waals surface area (Å²) in [7, 11) is 0. The van der Waals surface area contributed by atoms with Gasteiger partial charge < -0.3 is 10.5 Å². The van der Waals surface area contributed by atoms with Crippen LogP contribution in [0, 0.1) is 24.0 Å².